The number of nitrogens with one attached hydrogen (secondary N) is 1. The summed E-state index contributed by atoms with van der Waals surface area (Å²) in [6, 6.07) is 7.09. The van der Waals surface area contributed by atoms with Crippen molar-refractivity contribution in [2.24, 2.45) is 10.3 Å². The number of imide groups is 1. The first-order valence-electron chi connectivity index (χ1n) is 9.14. The van der Waals surface area contributed by atoms with E-state index in [4.69, 9.17) is 11.6 Å². The van der Waals surface area contributed by atoms with Crippen molar-refractivity contribution in [1.29, 1.82) is 0 Å². The summed E-state index contributed by atoms with van der Waals surface area (Å²) in [7, 11) is 0. The summed E-state index contributed by atoms with van der Waals surface area (Å²) in [5.74, 6) is -2.26. The zero-order chi connectivity index (χ0) is 21.6. The molecule has 2 aromatic carbocycles. The Kier molecular flexibility index (Phi) is 4.98. The molecule has 0 unspecified atom stereocenters. The predicted octanol–water partition coefficient (Wildman–Crippen LogP) is 3.03. The third-order valence-corrected chi connectivity index (χ3v) is 5.36. The Morgan fingerprint density at radius 3 is 2.53 bits per heavy atom. The van der Waals surface area contributed by atoms with Crippen LogP contribution in [0.3, 0.4) is 0 Å². The van der Waals surface area contributed by atoms with Gasteiger partial charge in [0.1, 0.15) is 12.4 Å². The first-order chi connectivity index (χ1) is 14.3. The van der Waals surface area contributed by atoms with E-state index >= 15 is 0 Å². The fraction of sp³-hybridized carbons (Fsp3) is 0.250. The third-order valence-electron chi connectivity index (χ3n) is 5.07. The highest BCUT2D eigenvalue weighted by molar-refractivity contribution is 6.32. The molecular formula is C20H17ClFN5O3. The molecule has 2 aromatic rings. The van der Waals surface area contributed by atoms with E-state index in [1.165, 1.54) is 17.1 Å². The molecule has 154 valence electrons. The maximum Gasteiger partial charge on any atom is 0.263 e. The number of halogens is 2. The molecule has 2 aliphatic heterocycles. The minimum absolute atomic E-state index is 0.140. The van der Waals surface area contributed by atoms with Gasteiger partial charge in [0.25, 0.3) is 11.8 Å². The van der Waals surface area contributed by atoms with Gasteiger partial charge in [0.15, 0.2) is 12.1 Å². The Labute approximate surface area is 176 Å². The monoisotopic (exact) mass is 429 g/mol. The number of benzene rings is 2. The Morgan fingerprint density at radius 1 is 1.17 bits per heavy atom. The third kappa shape index (κ3) is 3.30. The number of nitrogens with zero attached hydrogens (tertiary/aromatic N) is 4. The summed E-state index contributed by atoms with van der Waals surface area (Å²) in [6.07, 6.45) is 0. The molecule has 2 aliphatic rings. The number of rotatable bonds is 4. The quantitative estimate of drug-likeness (QED) is 0.756. The van der Waals surface area contributed by atoms with Crippen molar-refractivity contribution in [1.82, 2.24) is 5.01 Å². The molecule has 0 saturated carbocycles. The van der Waals surface area contributed by atoms with E-state index in [1.807, 2.05) is 32.0 Å². The second-order valence-electron chi connectivity index (χ2n) is 7.12. The van der Waals surface area contributed by atoms with E-state index in [-0.39, 0.29) is 17.3 Å². The topological polar surface area (TPSA) is 94.4 Å². The predicted molar refractivity (Wildman–Crippen MR) is 108 cm³/mol. The Hall–Kier alpha value is -3.33. The summed E-state index contributed by atoms with van der Waals surface area (Å²) in [4.78, 5) is 39.1. The highest BCUT2D eigenvalue weighted by Crippen LogP contribution is 2.33. The van der Waals surface area contributed by atoms with Gasteiger partial charge in [-0.25, -0.2) is 9.29 Å². The number of anilines is 2. The van der Waals surface area contributed by atoms with Gasteiger partial charge in [0.05, 0.1) is 10.7 Å². The summed E-state index contributed by atoms with van der Waals surface area (Å²) in [6.45, 7) is 3.49. The molecule has 0 aliphatic carbocycles. The van der Waals surface area contributed by atoms with E-state index in [0.29, 0.717) is 5.69 Å². The van der Waals surface area contributed by atoms with Gasteiger partial charge in [-0.1, -0.05) is 35.0 Å². The van der Waals surface area contributed by atoms with Gasteiger partial charge < -0.3 is 5.32 Å². The van der Waals surface area contributed by atoms with E-state index in [1.54, 1.807) is 0 Å². The smallest absolute Gasteiger partial charge is 0.263 e. The fourth-order valence-electron chi connectivity index (χ4n) is 3.57. The summed E-state index contributed by atoms with van der Waals surface area (Å²) < 4.78 is 13.4. The van der Waals surface area contributed by atoms with Gasteiger partial charge in [-0.2, -0.15) is 5.11 Å². The van der Waals surface area contributed by atoms with Crippen LogP contribution in [-0.2, 0) is 14.4 Å². The normalized spacial score (nSPS) is 20.1. The molecule has 10 heteroatoms. The molecule has 3 amide bonds. The second kappa shape index (κ2) is 7.49. The molecule has 1 fully saturated rings. The van der Waals surface area contributed by atoms with Gasteiger partial charge in [-0.3, -0.25) is 19.4 Å². The molecule has 1 N–H and O–H groups in total. The van der Waals surface area contributed by atoms with Crippen LogP contribution in [0.25, 0.3) is 0 Å². The largest absolute Gasteiger partial charge is 0.324 e. The van der Waals surface area contributed by atoms with Crippen molar-refractivity contribution in [3.8, 4) is 0 Å². The number of amides is 3. The standard InChI is InChI=1S/C20H17ClFN5O3/c1-10-4-3-5-11(2)16(10)23-15(28)9-26-18-17(24-25-26)19(29)27(20(18)30)12-6-7-14(22)13(21)8-12/h3-8,17-18H,9H2,1-2H3,(H,23,28)/t17-,18-/m0/s1. The minimum Gasteiger partial charge on any atom is -0.324 e. The average Bonchev–Trinajstić information content (AvgIpc) is 3.21. The van der Waals surface area contributed by atoms with Crippen LogP contribution in [0.2, 0.25) is 5.02 Å². The Bertz CT molecular complexity index is 1090. The summed E-state index contributed by atoms with van der Waals surface area (Å²) >= 11 is 5.78. The lowest BCUT2D eigenvalue weighted by molar-refractivity contribution is -0.123. The molecule has 0 radical (unpaired) electrons. The number of carbonyl (C=O) groups is 3. The lowest BCUT2D eigenvalue weighted by Gasteiger charge is -2.21. The highest BCUT2D eigenvalue weighted by atomic mass is 35.5. The van der Waals surface area contributed by atoms with E-state index < -0.39 is 35.6 Å². The number of hydrogen-bond donors (Lipinski definition) is 1. The molecule has 0 aromatic heterocycles. The van der Waals surface area contributed by atoms with Crippen molar-refractivity contribution in [2.75, 3.05) is 16.8 Å². The Balaban J connectivity index is 1.52. The fourth-order valence-corrected chi connectivity index (χ4v) is 3.74. The van der Waals surface area contributed by atoms with E-state index in [2.05, 4.69) is 15.7 Å². The van der Waals surface area contributed by atoms with Crippen molar-refractivity contribution in [3.63, 3.8) is 0 Å². The summed E-state index contributed by atoms with van der Waals surface area (Å²) in [5, 5.41) is 11.5. The maximum absolute atomic E-state index is 13.4. The molecule has 0 spiro atoms. The lowest BCUT2D eigenvalue weighted by Crippen LogP contribution is -2.43. The number of carbonyl (C=O) groups excluding carboxylic acids is 3. The van der Waals surface area contributed by atoms with Gasteiger partial charge in [-0.15, -0.1) is 0 Å². The van der Waals surface area contributed by atoms with Gasteiger partial charge in [0.2, 0.25) is 5.91 Å². The van der Waals surface area contributed by atoms with Crippen LogP contribution in [0, 0.1) is 19.7 Å². The van der Waals surface area contributed by atoms with Gasteiger partial charge in [0, 0.05) is 5.69 Å². The SMILES string of the molecule is Cc1cccc(C)c1NC(=O)CN1N=N[C@@H]2C(=O)N(c3ccc(F)c(Cl)c3)C(=O)[C@H]21. The van der Waals surface area contributed by atoms with Crippen LogP contribution in [-0.4, -0.2) is 41.4 Å². The van der Waals surface area contributed by atoms with Crippen molar-refractivity contribution in [2.45, 2.75) is 25.9 Å². The molecule has 0 bridgehead atoms. The van der Waals surface area contributed by atoms with E-state index in [9.17, 15) is 18.8 Å². The van der Waals surface area contributed by atoms with Crippen molar-refractivity contribution >= 4 is 40.7 Å². The zero-order valence-electron chi connectivity index (χ0n) is 16.1. The van der Waals surface area contributed by atoms with Gasteiger partial charge >= 0.3 is 0 Å². The van der Waals surface area contributed by atoms with Crippen LogP contribution in [0.1, 0.15) is 11.1 Å². The molecule has 2 heterocycles. The van der Waals surface area contributed by atoms with Crippen LogP contribution in [0.15, 0.2) is 46.7 Å². The number of fused-ring (bicyclic) bond motifs is 1. The lowest BCUT2D eigenvalue weighted by atomic mass is 10.1. The van der Waals surface area contributed by atoms with Crippen LogP contribution in [0.5, 0.6) is 0 Å². The molecule has 1 saturated heterocycles. The number of para-hydroxylation sites is 1. The van der Waals surface area contributed by atoms with Crippen LogP contribution in [0.4, 0.5) is 15.8 Å². The average molecular weight is 430 g/mol. The van der Waals surface area contributed by atoms with Crippen molar-refractivity contribution in [3.05, 3.63) is 58.4 Å². The summed E-state index contributed by atoms with van der Waals surface area (Å²) in [5.41, 5.74) is 2.62. The van der Waals surface area contributed by atoms with Gasteiger partial charge in [-0.05, 0) is 43.2 Å². The van der Waals surface area contributed by atoms with Crippen molar-refractivity contribution < 1.29 is 18.8 Å². The van der Waals surface area contributed by atoms with Crippen LogP contribution < -0.4 is 10.2 Å². The molecule has 8 nitrogen and oxygen atoms in total. The first kappa shape index (κ1) is 20.0. The molecule has 4 rings (SSSR count). The van der Waals surface area contributed by atoms with E-state index in [0.717, 1.165) is 22.1 Å². The minimum atomic E-state index is -1.06. The molecular weight excluding hydrogens is 413 g/mol. The Morgan fingerprint density at radius 2 is 1.87 bits per heavy atom. The number of hydrogen-bond acceptors (Lipinski definition) is 6. The highest BCUT2D eigenvalue weighted by Gasteiger charge is 2.55. The first-order valence-corrected chi connectivity index (χ1v) is 9.52. The maximum atomic E-state index is 13.4. The molecule has 2 atom stereocenters. The number of aryl methyl sites for hydroxylation is 2. The van der Waals surface area contributed by atoms with Crippen LogP contribution >= 0.6 is 11.6 Å². The zero-order valence-corrected chi connectivity index (χ0v) is 16.9. The second-order valence-corrected chi connectivity index (χ2v) is 7.52. The molecule has 30 heavy (non-hydrogen) atoms.